The van der Waals surface area contributed by atoms with Crippen molar-refractivity contribution in [3.63, 3.8) is 0 Å². The van der Waals surface area contributed by atoms with Gasteiger partial charge in [-0.2, -0.15) is 5.26 Å². The van der Waals surface area contributed by atoms with Crippen LogP contribution in [0.15, 0.2) is 18.2 Å². The van der Waals surface area contributed by atoms with Crippen LogP contribution in [0.3, 0.4) is 0 Å². The first-order valence-electron chi connectivity index (χ1n) is 8.66. The molecule has 1 aliphatic carbocycles. The zero-order valence-electron chi connectivity index (χ0n) is 15.5. The van der Waals surface area contributed by atoms with Gasteiger partial charge in [0.15, 0.2) is 11.4 Å². The molecule has 0 radical (unpaired) electrons. The molecule has 3 rings (SSSR count). The highest BCUT2D eigenvalue weighted by Gasteiger charge is 2.28. The van der Waals surface area contributed by atoms with Crippen molar-refractivity contribution in [2.24, 2.45) is 0 Å². The smallest absolute Gasteiger partial charge is 0.241 e. The monoisotopic (exact) mass is 331 g/mol. The number of hydrogen-bond acceptors (Lipinski definition) is 3. The molecule has 4 nitrogen and oxygen atoms in total. The van der Waals surface area contributed by atoms with Crippen molar-refractivity contribution in [3.8, 4) is 12.1 Å². The lowest BCUT2D eigenvalue weighted by atomic mass is 9.91. The minimum Gasteiger partial charge on any atom is -0.241 e. The standard InChI is InChI=1S/C21H23N4/c1-13-6-9-20(21(3,4)5)25-19(13)12-23-16-10-17(15-7-8-15)24-18(11-22)14(16)2/h6,9-10,15H,7-8H2,1-5H3/q+1. The molecule has 0 spiro atoms. The molecule has 0 N–H and O–H groups in total. The SMILES string of the molecule is Cc1ccc(C(C)(C)C)nc1C#[N+]c1cc(C2CC2)nc(C#N)c1C. The summed E-state index contributed by atoms with van der Waals surface area (Å²) in [6.45, 7) is 10.3. The van der Waals surface area contributed by atoms with E-state index in [9.17, 15) is 5.26 Å². The molecule has 0 amide bonds. The predicted octanol–water partition coefficient (Wildman–Crippen LogP) is 5.15. The Hall–Kier alpha value is -2.72. The maximum absolute atomic E-state index is 9.34. The molecule has 1 fully saturated rings. The highest BCUT2D eigenvalue weighted by molar-refractivity contribution is 5.59. The molecule has 1 aliphatic rings. The minimum absolute atomic E-state index is 0.0240. The van der Waals surface area contributed by atoms with Gasteiger partial charge in [-0.15, -0.1) is 0 Å². The highest BCUT2D eigenvalue weighted by atomic mass is 14.8. The summed E-state index contributed by atoms with van der Waals surface area (Å²) in [7, 11) is 0. The molecule has 0 aromatic carbocycles. The van der Waals surface area contributed by atoms with Crippen LogP contribution in [0.25, 0.3) is 4.85 Å². The summed E-state index contributed by atoms with van der Waals surface area (Å²) in [6.07, 6.45) is 2.28. The summed E-state index contributed by atoms with van der Waals surface area (Å²) >= 11 is 0. The van der Waals surface area contributed by atoms with Crippen LogP contribution < -0.4 is 0 Å². The van der Waals surface area contributed by atoms with Crippen molar-refractivity contribution in [3.05, 3.63) is 56.9 Å². The number of nitriles is 1. The number of aryl methyl sites for hydroxylation is 1. The highest BCUT2D eigenvalue weighted by Crippen LogP contribution is 2.41. The molecule has 126 valence electrons. The molecular weight excluding hydrogens is 308 g/mol. The van der Waals surface area contributed by atoms with E-state index in [4.69, 9.17) is 4.98 Å². The molecular formula is C21H23N4+. The minimum atomic E-state index is -0.0240. The lowest BCUT2D eigenvalue weighted by Crippen LogP contribution is -2.14. The molecule has 0 saturated heterocycles. The second-order valence-electron chi connectivity index (χ2n) is 7.76. The van der Waals surface area contributed by atoms with Crippen LogP contribution >= 0.6 is 0 Å². The van der Waals surface area contributed by atoms with Crippen LogP contribution in [0.4, 0.5) is 5.69 Å². The second kappa shape index (κ2) is 6.30. The summed E-state index contributed by atoms with van der Waals surface area (Å²) in [5.41, 5.74) is 5.75. The van der Waals surface area contributed by atoms with E-state index in [0.29, 0.717) is 11.6 Å². The van der Waals surface area contributed by atoms with Crippen molar-refractivity contribution in [1.29, 1.82) is 5.26 Å². The Morgan fingerprint density at radius 1 is 1.12 bits per heavy atom. The molecule has 2 heterocycles. The number of pyridine rings is 2. The van der Waals surface area contributed by atoms with Crippen molar-refractivity contribution in [2.75, 3.05) is 0 Å². The first kappa shape index (κ1) is 17.1. The van der Waals surface area contributed by atoms with Gasteiger partial charge in [0.2, 0.25) is 0 Å². The van der Waals surface area contributed by atoms with Crippen LogP contribution in [0.1, 0.15) is 73.4 Å². The summed E-state index contributed by atoms with van der Waals surface area (Å²) in [5.74, 6) is 0.478. The van der Waals surface area contributed by atoms with E-state index in [1.165, 1.54) is 0 Å². The van der Waals surface area contributed by atoms with E-state index in [1.807, 2.05) is 19.9 Å². The van der Waals surface area contributed by atoms with Crippen molar-refractivity contribution in [2.45, 2.75) is 58.8 Å². The lowest BCUT2D eigenvalue weighted by Gasteiger charge is -2.17. The van der Waals surface area contributed by atoms with Gasteiger partial charge in [-0.3, -0.25) is 0 Å². The topological polar surface area (TPSA) is 53.9 Å². The third-order valence-electron chi connectivity index (χ3n) is 4.51. The normalized spacial score (nSPS) is 13.8. The molecule has 0 bridgehead atoms. The Morgan fingerprint density at radius 3 is 2.44 bits per heavy atom. The Kier molecular flexibility index (Phi) is 4.31. The Bertz CT molecular complexity index is 929. The van der Waals surface area contributed by atoms with Crippen LogP contribution in [0, 0.1) is 31.2 Å². The van der Waals surface area contributed by atoms with Gasteiger partial charge in [-0.05, 0) is 43.2 Å². The molecule has 0 atom stereocenters. The van der Waals surface area contributed by atoms with E-state index in [0.717, 1.165) is 46.7 Å². The zero-order valence-corrected chi connectivity index (χ0v) is 15.5. The quantitative estimate of drug-likeness (QED) is 0.726. The third kappa shape index (κ3) is 3.69. The molecule has 25 heavy (non-hydrogen) atoms. The van der Waals surface area contributed by atoms with Gasteiger partial charge in [0.05, 0.1) is 17.3 Å². The summed E-state index contributed by atoms with van der Waals surface area (Å²) in [5, 5.41) is 9.34. The zero-order chi connectivity index (χ0) is 18.2. The van der Waals surface area contributed by atoms with E-state index in [1.54, 1.807) is 0 Å². The Labute approximate surface area is 149 Å². The Morgan fingerprint density at radius 2 is 1.84 bits per heavy atom. The van der Waals surface area contributed by atoms with Crippen LogP contribution in [0.5, 0.6) is 0 Å². The van der Waals surface area contributed by atoms with Crippen LogP contribution in [-0.4, -0.2) is 9.97 Å². The second-order valence-corrected chi connectivity index (χ2v) is 7.76. The van der Waals surface area contributed by atoms with E-state index >= 15 is 0 Å². The summed E-state index contributed by atoms with van der Waals surface area (Å²) < 4.78 is 0. The van der Waals surface area contributed by atoms with Crippen molar-refractivity contribution in [1.82, 2.24) is 9.97 Å². The first-order valence-corrected chi connectivity index (χ1v) is 8.66. The molecule has 1 saturated carbocycles. The fourth-order valence-electron chi connectivity index (χ4n) is 2.60. The first-order chi connectivity index (χ1) is 11.8. The fraction of sp³-hybridized carbons (Fsp3) is 0.429. The van der Waals surface area contributed by atoms with Gasteiger partial charge in [0, 0.05) is 17.0 Å². The maximum atomic E-state index is 9.34. The van der Waals surface area contributed by atoms with Crippen LogP contribution in [0.2, 0.25) is 0 Å². The Balaban J connectivity index is 2.05. The molecule has 2 aromatic heterocycles. The van der Waals surface area contributed by atoms with Crippen molar-refractivity contribution >= 4 is 5.69 Å². The number of hydrogen-bond donors (Lipinski definition) is 0. The molecule has 0 unspecified atom stereocenters. The van der Waals surface area contributed by atoms with Gasteiger partial charge in [-0.25, -0.2) is 9.97 Å². The number of aromatic nitrogens is 2. The summed E-state index contributed by atoms with van der Waals surface area (Å²) in [6, 6.07) is 11.4. The van der Waals surface area contributed by atoms with E-state index in [-0.39, 0.29) is 5.41 Å². The number of nitrogens with zero attached hydrogens (tertiary/aromatic N) is 4. The van der Waals surface area contributed by atoms with Gasteiger partial charge in [0.1, 0.15) is 6.07 Å². The molecule has 0 aliphatic heterocycles. The largest absolute Gasteiger partial charge is 0.348 e. The fourth-order valence-corrected chi connectivity index (χ4v) is 2.60. The van der Waals surface area contributed by atoms with Gasteiger partial charge in [-0.1, -0.05) is 26.8 Å². The van der Waals surface area contributed by atoms with Gasteiger partial charge >= 0.3 is 11.8 Å². The maximum Gasteiger partial charge on any atom is 0.348 e. The van der Waals surface area contributed by atoms with E-state index < -0.39 is 0 Å². The van der Waals surface area contributed by atoms with E-state index in [2.05, 4.69) is 54.9 Å². The average molecular weight is 331 g/mol. The lowest BCUT2D eigenvalue weighted by molar-refractivity contribution is 0.568. The van der Waals surface area contributed by atoms with Gasteiger partial charge < -0.3 is 0 Å². The van der Waals surface area contributed by atoms with Crippen molar-refractivity contribution < 1.29 is 0 Å². The summed E-state index contributed by atoms with van der Waals surface area (Å²) in [4.78, 5) is 13.7. The average Bonchev–Trinajstić information content (AvgIpc) is 3.39. The third-order valence-corrected chi connectivity index (χ3v) is 4.51. The molecule has 2 aromatic rings. The van der Waals surface area contributed by atoms with Gasteiger partial charge in [0.25, 0.3) is 0 Å². The van der Waals surface area contributed by atoms with Crippen LogP contribution in [-0.2, 0) is 5.41 Å². The predicted molar refractivity (Wildman–Crippen MR) is 99.3 cm³/mol. The number of rotatable bonds is 1. The molecule has 4 heteroatoms.